The molecule has 0 spiro atoms. The van der Waals surface area contributed by atoms with Crippen LogP contribution in [0.15, 0.2) is 23.2 Å². The third-order valence-electron chi connectivity index (χ3n) is 3.39. The second-order valence-corrected chi connectivity index (χ2v) is 6.88. The molecular weight excluding hydrogens is 497 g/mol. The van der Waals surface area contributed by atoms with Crippen molar-refractivity contribution < 1.29 is 13.5 Å². The fourth-order valence-electron chi connectivity index (χ4n) is 2.07. The lowest BCUT2D eigenvalue weighted by Gasteiger charge is -2.14. The van der Waals surface area contributed by atoms with E-state index in [1.165, 1.54) is 17.0 Å². The number of aromatic nitrogens is 1. The Bertz CT molecular complexity index is 738. The van der Waals surface area contributed by atoms with Gasteiger partial charge in [0.2, 0.25) is 0 Å². The van der Waals surface area contributed by atoms with Gasteiger partial charge >= 0.3 is 6.61 Å². The smallest absolute Gasteiger partial charge is 0.387 e. The molecule has 10 heteroatoms. The van der Waals surface area contributed by atoms with Crippen LogP contribution < -0.4 is 15.4 Å². The molecule has 2 rings (SSSR count). The lowest BCUT2D eigenvalue weighted by Crippen LogP contribution is -2.36. The van der Waals surface area contributed by atoms with Gasteiger partial charge in [-0.3, -0.25) is 4.99 Å². The van der Waals surface area contributed by atoms with Crippen LogP contribution in [0.1, 0.15) is 21.1 Å². The lowest BCUT2D eigenvalue weighted by molar-refractivity contribution is -0.0504. The molecule has 26 heavy (non-hydrogen) atoms. The summed E-state index contributed by atoms with van der Waals surface area (Å²) in [5.41, 5.74) is 1.52. The predicted octanol–water partition coefficient (Wildman–Crippen LogP) is 4.50. The number of aryl methyl sites for hydroxylation is 2. The Balaban J connectivity index is 0.00000338. The summed E-state index contributed by atoms with van der Waals surface area (Å²) in [6, 6.07) is 4.50. The van der Waals surface area contributed by atoms with Gasteiger partial charge in [-0.2, -0.15) is 8.78 Å². The number of nitrogens with zero attached hydrogens (tertiary/aromatic N) is 2. The molecule has 0 unspecified atom stereocenters. The number of hydrogen-bond acceptors (Lipinski definition) is 4. The van der Waals surface area contributed by atoms with Crippen LogP contribution in [0.3, 0.4) is 0 Å². The van der Waals surface area contributed by atoms with E-state index in [9.17, 15) is 8.78 Å². The maximum Gasteiger partial charge on any atom is 0.387 e. The van der Waals surface area contributed by atoms with Crippen LogP contribution >= 0.6 is 46.9 Å². The monoisotopic (exact) mass is 516 g/mol. The summed E-state index contributed by atoms with van der Waals surface area (Å²) in [5.74, 6) is 0.599. The van der Waals surface area contributed by atoms with E-state index in [1.807, 2.05) is 13.8 Å². The minimum Gasteiger partial charge on any atom is -0.434 e. The highest BCUT2D eigenvalue weighted by molar-refractivity contribution is 14.0. The molecule has 0 saturated carbocycles. The van der Waals surface area contributed by atoms with E-state index in [-0.39, 0.29) is 36.3 Å². The molecule has 0 aliphatic heterocycles. The van der Waals surface area contributed by atoms with Crippen molar-refractivity contribution in [3.8, 4) is 5.75 Å². The van der Waals surface area contributed by atoms with Gasteiger partial charge in [0.05, 0.1) is 12.2 Å². The Morgan fingerprint density at radius 3 is 2.58 bits per heavy atom. The van der Waals surface area contributed by atoms with Crippen molar-refractivity contribution in [1.29, 1.82) is 0 Å². The van der Waals surface area contributed by atoms with Crippen LogP contribution in [0.2, 0.25) is 5.02 Å². The largest absolute Gasteiger partial charge is 0.434 e. The van der Waals surface area contributed by atoms with E-state index in [0.717, 1.165) is 10.7 Å². The van der Waals surface area contributed by atoms with Gasteiger partial charge in [0.15, 0.2) is 5.96 Å². The van der Waals surface area contributed by atoms with Crippen LogP contribution in [0, 0.1) is 13.8 Å². The summed E-state index contributed by atoms with van der Waals surface area (Å²) in [7, 11) is 1.63. The average molecular weight is 517 g/mol. The molecule has 0 amide bonds. The van der Waals surface area contributed by atoms with Gasteiger partial charge in [0.1, 0.15) is 10.8 Å². The Morgan fingerprint density at radius 1 is 1.31 bits per heavy atom. The summed E-state index contributed by atoms with van der Waals surface area (Å²) in [6.45, 7) is 1.85. The van der Waals surface area contributed by atoms with Gasteiger partial charge in [-0.25, -0.2) is 4.98 Å². The van der Waals surface area contributed by atoms with E-state index in [0.29, 0.717) is 23.1 Å². The number of hydrogen-bond donors (Lipinski definition) is 2. The molecular formula is C16H20ClF2IN4OS. The third-order valence-corrected chi connectivity index (χ3v) is 4.70. The zero-order valence-electron chi connectivity index (χ0n) is 14.5. The Kier molecular flexibility index (Phi) is 9.51. The first-order valence-electron chi connectivity index (χ1n) is 7.49. The number of thiazole rings is 1. The van der Waals surface area contributed by atoms with E-state index in [1.54, 1.807) is 24.5 Å². The second kappa shape index (κ2) is 10.8. The van der Waals surface area contributed by atoms with Gasteiger partial charge in [0.25, 0.3) is 0 Å². The van der Waals surface area contributed by atoms with Gasteiger partial charge in [-0.05, 0) is 32.0 Å². The standard InChI is InChI=1S/C16H19ClF2N4OS.HI/c1-9-10(2)25-14(23-9)8-22-16(20-3)21-7-11-6-12(17)4-5-13(11)24-15(18)19;/h4-6,15H,7-8H2,1-3H3,(H2,20,21,22);1H. The molecule has 0 aliphatic rings. The van der Waals surface area contributed by atoms with Crippen molar-refractivity contribution in [1.82, 2.24) is 15.6 Å². The average Bonchev–Trinajstić information content (AvgIpc) is 2.88. The van der Waals surface area contributed by atoms with E-state index >= 15 is 0 Å². The molecule has 0 bridgehead atoms. The maximum atomic E-state index is 12.5. The first-order chi connectivity index (χ1) is 11.9. The lowest BCUT2D eigenvalue weighted by atomic mass is 10.2. The number of halogens is 4. The molecule has 0 radical (unpaired) electrons. The molecule has 1 heterocycles. The molecule has 5 nitrogen and oxygen atoms in total. The number of alkyl halides is 2. The van der Waals surface area contributed by atoms with E-state index in [4.69, 9.17) is 11.6 Å². The van der Waals surface area contributed by atoms with Crippen molar-refractivity contribution in [2.45, 2.75) is 33.5 Å². The molecule has 1 aromatic heterocycles. The number of aliphatic imine (C=N–C) groups is 1. The summed E-state index contributed by atoms with van der Waals surface area (Å²) in [6.07, 6.45) is 0. The van der Waals surface area contributed by atoms with Crippen LogP contribution in [-0.2, 0) is 13.1 Å². The van der Waals surface area contributed by atoms with Crippen LogP contribution in [0.4, 0.5) is 8.78 Å². The van der Waals surface area contributed by atoms with Crippen LogP contribution in [0.25, 0.3) is 0 Å². The summed E-state index contributed by atoms with van der Waals surface area (Å²) < 4.78 is 29.5. The quantitative estimate of drug-likeness (QED) is 0.337. The highest BCUT2D eigenvalue weighted by atomic mass is 127. The topological polar surface area (TPSA) is 58.5 Å². The first-order valence-corrected chi connectivity index (χ1v) is 8.69. The van der Waals surface area contributed by atoms with E-state index < -0.39 is 6.61 Å². The SMILES string of the molecule is CN=C(NCc1nc(C)c(C)s1)NCc1cc(Cl)ccc1OC(F)F.I. The zero-order chi connectivity index (χ0) is 18.4. The first kappa shape index (κ1) is 22.8. The van der Waals surface area contributed by atoms with E-state index in [2.05, 4.69) is 25.3 Å². The minimum atomic E-state index is -2.89. The molecule has 0 aliphatic carbocycles. The molecule has 1 aromatic carbocycles. The maximum absolute atomic E-state index is 12.5. The molecule has 0 saturated heterocycles. The number of benzene rings is 1. The predicted molar refractivity (Wildman–Crippen MR) is 112 cm³/mol. The number of rotatable bonds is 6. The number of ether oxygens (including phenoxy) is 1. The zero-order valence-corrected chi connectivity index (χ0v) is 18.4. The Morgan fingerprint density at radius 2 is 2.00 bits per heavy atom. The summed E-state index contributed by atoms with van der Waals surface area (Å²) in [5, 5.41) is 7.57. The molecule has 144 valence electrons. The number of nitrogens with one attached hydrogen (secondary N) is 2. The van der Waals surface area contributed by atoms with Crippen molar-refractivity contribution >= 4 is 52.9 Å². The van der Waals surface area contributed by atoms with Gasteiger partial charge in [0, 0.05) is 29.1 Å². The third kappa shape index (κ3) is 6.84. The summed E-state index contributed by atoms with van der Waals surface area (Å²) >= 11 is 7.55. The highest BCUT2D eigenvalue weighted by Crippen LogP contribution is 2.24. The van der Waals surface area contributed by atoms with Gasteiger partial charge in [-0.15, -0.1) is 35.3 Å². The fraction of sp³-hybridized carbons (Fsp3) is 0.375. The van der Waals surface area contributed by atoms with Crippen molar-refractivity contribution in [3.63, 3.8) is 0 Å². The number of guanidine groups is 1. The molecule has 2 aromatic rings. The molecule has 2 N–H and O–H groups in total. The van der Waals surface area contributed by atoms with Crippen LogP contribution in [-0.4, -0.2) is 24.6 Å². The van der Waals surface area contributed by atoms with Crippen LogP contribution in [0.5, 0.6) is 5.75 Å². The van der Waals surface area contributed by atoms with Gasteiger partial charge in [-0.1, -0.05) is 11.6 Å². The highest BCUT2D eigenvalue weighted by Gasteiger charge is 2.11. The molecule has 0 atom stereocenters. The Labute approximate surface area is 177 Å². The molecule has 0 fully saturated rings. The summed E-state index contributed by atoms with van der Waals surface area (Å²) in [4.78, 5) is 9.73. The normalized spacial score (nSPS) is 11.3. The van der Waals surface area contributed by atoms with Gasteiger partial charge < -0.3 is 15.4 Å². The van der Waals surface area contributed by atoms with Crippen molar-refractivity contribution in [3.05, 3.63) is 44.4 Å². The van der Waals surface area contributed by atoms with Crippen molar-refractivity contribution in [2.75, 3.05) is 7.05 Å². The minimum absolute atomic E-state index is 0. The van der Waals surface area contributed by atoms with Crippen molar-refractivity contribution in [2.24, 2.45) is 4.99 Å². The fourth-order valence-corrected chi connectivity index (χ4v) is 3.14. The second-order valence-electron chi connectivity index (χ2n) is 5.16. The Hall–Kier alpha value is -1.20.